The van der Waals surface area contributed by atoms with Crippen molar-refractivity contribution in [1.29, 1.82) is 0 Å². The number of hydrogen-bond acceptors (Lipinski definition) is 4. The third-order valence-electron chi connectivity index (χ3n) is 3.82. The van der Waals surface area contributed by atoms with Crippen LogP contribution in [0, 0.1) is 0 Å². The summed E-state index contributed by atoms with van der Waals surface area (Å²) in [5, 5.41) is 10.1. The van der Waals surface area contributed by atoms with E-state index in [0.29, 0.717) is 11.7 Å². The highest BCUT2D eigenvalue weighted by Crippen LogP contribution is 2.17. The number of benzene rings is 2. The van der Waals surface area contributed by atoms with Crippen molar-refractivity contribution in [2.75, 3.05) is 30.9 Å². The van der Waals surface area contributed by atoms with E-state index < -0.39 is 0 Å². The molecule has 5 N–H and O–H groups in total. The monoisotopic (exact) mass is 418 g/mol. The van der Waals surface area contributed by atoms with E-state index in [4.69, 9.17) is 39.6 Å². The van der Waals surface area contributed by atoms with Gasteiger partial charge in [0.05, 0.1) is 13.7 Å². The molecule has 0 aliphatic rings. The summed E-state index contributed by atoms with van der Waals surface area (Å²) in [4.78, 5) is 0. The minimum Gasteiger partial charge on any atom is -0.497 e. The number of anilines is 2. The standard InChI is InChI=1S/C20H26N4O2S2/c1-25-17-10-8-15(9-11-17)24-20(28)22-12-3-2-4-13-26-18-7-5-6-16(14-18)23-19(21)27/h5-11,14H,2-4,12-13H2,1H3,(H3,21,23,27)(H2,22,24,28). The lowest BCUT2D eigenvalue weighted by molar-refractivity contribution is 0.305. The number of nitrogens with one attached hydrogen (secondary N) is 3. The molecule has 0 bridgehead atoms. The van der Waals surface area contributed by atoms with Crippen molar-refractivity contribution in [2.45, 2.75) is 19.3 Å². The SMILES string of the molecule is COc1ccc(NC(=S)NCCCCCOc2cccc(NC(N)=S)c2)cc1. The summed E-state index contributed by atoms with van der Waals surface area (Å²) in [6, 6.07) is 15.2. The second-order valence-electron chi connectivity index (χ2n) is 6.04. The zero-order chi connectivity index (χ0) is 20.2. The first-order valence-corrected chi connectivity index (χ1v) is 9.86. The van der Waals surface area contributed by atoms with Gasteiger partial charge in [0.25, 0.3) is 0 Å². The second-order valence-corrected chi connectivity index (χ2v) is 6.88. The summed E-state index contributed by atoms with van der Waals surface area (Å²) in [5.74, 6) is 1.61. The Morgan fingerprint density at radius 2 is 1.71 bits per heavy atom. The van der Waals surface area contributed by atoms with E-state index in [1.807, 2.05) is 48.5 Å². The fraction of sp³-hybridized carbons (Fsp3) is 0.300. The van der Waals surface area contributed by atoms with E-state index in [0.717, 1.165) is 48.7 Å². The van der Waals surface area contributed by atoms with Crippen molar-refractivity contribution in [3.63, 3.8) is 0 Å². The summed E-state index contributed by atoms with van der Waals surface area (Å²) in [6.45, 7) is 1.47. The van der Waals surface area contributed by atoms with Gasteiger partial charge < -0.3 is 31.2 Å². The molecule has 0 fully saturated rings. The number of thiocarbonyl (C=S) groups is 2. The predicted molar refractivity (Wildman–Crippen MR) is 123 cm³/mol. The van der Waals surface area contributed by atoms with Crippen molar-refractivity contribution in [3.8, 4) is 11.5 Å². The predicted octanol–water partition coefficient (Wildman–Crippen LogP) is 3.89. The first-order chi connectivity index (χ1) is 13.6. The van der Waals surface area contributed by atoms with Gasteiger partial charge in [-0.2, -0.15) is 0 Å². The van der Waals surface area contributed by atoms with Gasteiger partial charge in [-0.1, -0.05) is 6.07 Å². The fourth-order valence-electron chi connectivity index (χ4n) is 2.45. The Balaban J connectivity index is 1.55. The van der Waals surface area contributed by atoms with Gasteiger partial charge in [-0.3, -0.25) is 0 Å². The molecule has 0 atom stereocenters. The molecule has 2 aromatic rings. The van der Waals surface area contributed by atoms with E-state index >= 15 is 0 Å². The first-order valence-electron chi connectivity index (χ1n) is 9.05. The maximum absolute atomic E-state index is 5.76. The van der Waals surface area contributed by atoms with Gasteiger partial charge in [-0.15, -0.1) is 0 Å². The quantitative estimate of drug-likeness (QED) is 0.342. The summed E-state index contributed by atoms with van der Waals surface area (Å²) in [5.41, 5.74) is 7.23. The molecule has 0 heterocycles. The Morgan fingerprint density at radius 3 is 2.43 bits per heavy atom. The van der Waals surface area contributed by atoms with E-state index in [1.165, 1.54) is 0 Å². The third-order valence-corrected chi connectivity index (χ3v) is 4.17. The lowest BCUT2D eigenvalue weighted by atomic mass is 10.2. The van der Waals surface area contributed by atoms with Gasteiger partial charge in [0, 0.05) is 24.0 Å². The van der Waals surface area contributed by atoms with Crippen LogP contribution < -0.4 is 31.2 Å². The highest BCUT2D eigenvalue weighted by atomic mass is 32.1. The van der Waals surface area contributed by atoms with Crippen LogP contribution in [0.25, 0.3) is 0 Å². The minimum absolute atomic E-state index is 0.240. The molecule has 28 heavy (non-hydrogen) atoms. The maximum Gasteiger partial charge on any atom is 0.170 e. The van der Waals surface area contributed by atoms with Crippen LogP contribution in [-0.2, 0) is 0 Å². The van der Waals surface area contributed by atoms with Crippen LogP contribution in [0.3, 0.4) is 0 Å². The number of hydrogen-bond donors (Lipinski definition) is 4. The largest absolute Gasteiger partial charge is 0.497 e. The Kier molecular flexibility index (Phi) is 9.30. The molecule has 6 nitrogen and oxygen atoms in total. The van der Waals surface area contributed by atoms with E-state index in [1.54, 1.807) is 7.11 Å². The Labute approximate surface area is 176 Å². The number of ether oxygens (including phenoxy) is 2. The average molecular weight is 419 g/mol. The maximum atomic E-state index is 5.76. The van der Waals surface area contributed by atoms with Gasteiger partial charge in [-0.25, -0.2) is 0 Å². The Hall–Kier alpha value is -2.58. The van der Waals surface area contributed by atoms with Crippen molar-refractivity contribution < 1.29 is 9.47 Å². The Bertz CT molecular complexity index is 769. The lowest BCUT2D eigenvalue weighted by Crippen LogP contribution is -2.29. The molecule has 0 aliphatic carbocycles. The van der Waals surface area contributed by atoms with Crippen LogP contribution in [0.15, 0.2) is 48.5 Å². The highest BCUT2D eigenvalue weighted by Gasteiger charge is 2.00. The molecule has 0 amide bonds. The van der Waals surface area contributed by atoms with Crippen LogP contribution in [0.5, 0.6) is 11.5 Å². The van der Waals surface area contributed by atoms with Crippen LogP contribution >= 0.6 is 24.4 Å². The molecule has 2 rings (SSSR count). The molecule has 150 valence electrons. The first kappa shape index (κ1) is 21.7. The number of nitrogens with two attached hydrogens (primary N) is 1. The molecule has 2 aromatic carbocycles. The van der Waals surface area contributed by atoms with Crippen LogP contribution in [0.2, 0.25) is 0 Å². The molecule has 0 saturated heterocycles. The number of rotatable bonds is 10. The molecule has 0 aromatic heterocycles. The molecule has 0 aliphatic heterocycles. The van der Waals surface area contributed by atoms with Crippen LogP contribution in [0.4, 0.5) is 11.4 Å². The lowest BCUT2D eigenvalue weighted by Gasteiger charge is -2.11. The van der Waals surface area contributed by atoms with Gasteiger partial charge in [0.1, 0.15) is 11.5 Å². The molecule has 0 spiro atoms. The van der Waals surface area contributed by atoms with Crippen LogP contribution in [0.1, 0.15) is 19.3 Å². The van der Waals surface area contributed by atoms with Crippen molar-refractivity contribution in [2.24, 2.45) is 5.73 Å². The normalized spacial score (nSPS) is 10.0. The van der Waals surface area contributed by atoms with Gasteiger partial charge in [0.15, 0.2) is 10.2 Å². The zero-order valence-corrected chi connectivity index (χ0v) is 17.5. The average Bonchev–Trinajstić information content (AvgIpc) is 2.67. The van der Waals surface area contributed by atoms with Gasteiger partial charge in [0.2, 0.25) is 0 Å². The van der Waals surface area contributed by atoms with Crippen molar-refractivity contribution >= 4 is 46.0 Å². The van der Waals surface area contributed by atoms with E-state index in [2.05, 4.69) is 16.0 Å². The minimum atomic E-state index is 0.240. The van der Waals surface area contributed by atoms with Gasteiger partial charge >= 0.3 is 0 Å². The molecule has 0 unspecified atom stereocenters. The van der Waals surface area contributed by atoms with E-state index in [-0.39, 0.29) is 5.11 Å². The molecular formula is C20H26N4O2S2. The number of unbranched alkanes of at least 4 members (excludes halogenated alkanes) is 2. The molecular weight excluding hydrogens is 392 g/mol. The summed E-state index contributed by atoms with van der Waals surface area (Å²) >= 11 is 10.1. The number of methoxy groups -OCH3 is 1. The van der Waals surface area contributed by atoms with Crippen molar-refractivity contribution in [1.82, 2.24) is 5.32 Å². The van der Waals surface area contributed by atoms with Gasteiger partial charge in [-0.05, 0) is 80.1 Å². The smallest absolute Gasteiger partial charge is 0.170 e. The molecule has 0 radical (unpaired) electrons. The zero-order valence-electron chi connectivity index (χ0n) is 15.9. The Morgan fingerprint density at radius 1 is 0.929 bits per heavy atom. The topological polar surface area (TPSA) is 80.6 Å². The second kappa shape index (κ2) is 12.0. The van der Waals surface area contributed by atoms with E-state index in [9.17, 15) is 0 Å². The highest BCUT2D eigenvalue weighted by molar-refractivity contribution is 7.80. The summed E-state index contributed by atoms with van der Waals surface area (Å²) in [6.07, 6.45) is 3.02. The third kappa shape index (κ3) is 8.41. The summed E-state index contributed by atoms with van der Waals surface area (Å²) in [7, 11) is 1.64. The fourth-order valence-corrected chi connectivity index (χ4v) is 2.79. The van der Waals surface area contributed by atoms with Crippen molar-refractivity contribution in [3.05, 3.63) is 48.5 Å². The molecule has 0 saturated carbocycles. The molecule has 8 heteroatoms. The summed E-state index contributed by atoms with van der Waals surface area (Å²) < 4.78 is 10.9. The van der Waals surface area contributed by atoms with Crippen LogP contribution in [-0.4, -0.2) is 30.5 Å².